The van der Waals surface area contributed by atoms with Crippen LogP contribution >= 0.6 is 31.9 Å². The molecule has 1 heterocycles. The van der Waals surface area contributed by atoms with E-state index in [1.54, 1.807) is 36.5 Å². The third kappa shape index (κ3) is 3.59. The van der Waals surface area contributed by atoms with Crippen molar-refractivity contribution in [2.75, 3.05) is 4.72 Å². The normalized spacial score (nSPS) is 11.3. The van der Waals surface area contributed by atoms with Gasteiger partial charge in [0.25, 0.3) is 10.0 Å². The van der Waals surface area contributed by atoms with Gasteiger partial charge in [-0.3, -0.25) is 4.72 Å². The van der Waals surface area contributed by atoms with Crippen LogP contribution < -0.4 is 4.72 Å². The van der Waals surface area contributed by atoms with Gasteiger partial charge in [0.1, 0.15) is 5.82 Å². The topological polar surface area (TPSA) is 59.1 Å². The molecule has 0 radical (unpaired) electrons. The summed E-state index contributed by atoms with van der Waals surface area (Å²) in [4.78, 5) is 4.25. The van der Waals surface area contributed by atoms with Gasteiger partial charge in [0, 0.05) is 16.0 Å². The number of rotatable bonds is 4. The van der Waals surface area contributed by atoms with Crippen molar-refractivity contribution in [3.63, 3.8) is 0 Å². The van der Waals surface area contributed by atoms with E-state index < -0.39 is 10.0 Å². The van der Waals surface area contributed by atoms with Gasteiger partial charge in [0.05, 0.1) is 4.90 Å². The van der Waals surface area contributed by atoms with Crippen LogP contribution in [0.1, 0.15) is 11.1 Å². The number of alkyl halides is 1. The standard InChI is InChI=1S/C13H12Br2N2O2S/c1-9-6-13(16-8-12(9)15)17-20(18,19)11-4-2-10(7-14)3-5-11/h2-6,8H,7H2,1H3,(H,16,17). The molecular formula is C13H12Br2N2O2S. The number of nitrogens with zero attached hydrogens (tertiary/aromatic N) is 1. The van der Waals surface area contributed by atoms with Crippen molar-refractivity contribution in [1.29, 1.82) is 0 Å². The maximum absolute atomic E-state index is 12.2. The summed E-state index contributed by atoms with van der Waals surface area (Å²) in [5.41, 5.74) is 1.92. The van der Waals surface area contributed by atoms with E-state index >= 15 is 0 Å². The molecule has 1 N–H and O–H groups in total. The highest BCUT2D eigenvalue weighted by Gasteiger charge is 2.15. The van der Waals surface area contributed by atoms with Crippen LogP contribution in [0.15, 0.2) is 45.9 Å². The predicted molar refractivity (Wildman–Crippen MR) is 86.6 cm³/mol. The SMILES string of the molecule is Cc1cc(NS(=O)(=O)c2ccc(CBr)cc2)ncc1Br. The van der Waals surface area contributed by atoms with Gasteiger partial charge in [-0.15, -0.1) is 0 Å². The molecule has 0 unspecified atom stereocenters. The van der Waals surface area contributed by atoms with Crippen LogP contribution in [-0.2, 0) is 15.4 Å². The molecule has 106 valence electrons. The fourth-order valence-electron chi connectivity index (χ4n) is 1.55. The molecule has 0 saturated carbocycles. The van der Waals surface area contributed by atoms with Gasteiger partial charge in [-0.05, 0) is 52.2 Å². The van der Waals surface area contributed by atoms with Gasteiger partial charge in [-0.1, -0.05) is 28.1 Å². The van der Waals surface area contributed by atoms with Crippen LogP contribution in [0.5, 0.6) is 0 Å². The Morgan fingerprint density at radius 1 is 1.25 bits per heavy atom. The number of aryl methyl sites for hydroxylation is 1. The second-order valence-electron chi connectivity index (χ2n) is 4.20. The van der Waals surface area contributed by atoms with Crippen molar-refractivity contribution in [3.05, 3.63) is 52.1 Å². The lowest BCUT2D eigenvalue weighted by atomic mass is 10.2. The number of sulfonamides is 1. The molecule has 7 heteroatoms. The quantitative estimate of drug-likeness (QED) is 0.765. The van der Waals surface area contributed by atoms with Crippen LogP contribution in [0.4, 0.5) is 5.82 Å². The molecule has 0 spiro atoms. The molecule has 0 fully saturated rings. The van der Waals surface area contributed by atoms with E-state index in [1.165, 1.54) is 0 Å². The van der Waals surface area contributed by atoms with Crippen molar-refractivity contribution in [2.24, 2.45) is 0 Å². The number of anilines is 1. The van der Waals surface area contributed by atoms with Gasteiger partial charge in [0.15, 0.2) is 0 Å². The lowest BCUT2D eigenvalue weighted by Crippen LogP contribution is -2.14. The number of benzene rings is 1. The zero-order valence-electron chi connectivity index (χ0n) is 10.6. The average molecular weight is 420 g/mol. The zero-order chi connectivity index (χ0) is 14.8. The van der Waals surface area contributed by atoms with Crippen molar-refractivity contribution in [3.8, 4) is 0 Å². The van der Waals surface area contributed by atoms with E-state index in [-0.39, 0.29) is 4.90 Å². The monoisotopic (exact) mass is 418 g/mol. The van der Waals surface area contributed by atoms with Gasteiger partial charge < -0.3 is 0 Å². The van der Waals surface area contributed by atoms with E-state index in [0.29, 0.717) is 11.1 Å². The second kappa shape index (κ2) is 6.24. The van der Waals surface area contributed by atoms with Crippen molar-refractivity contribution < 1.29 is 8.42 Å². The van der Waals surface area contributed by atoms with E-state index in [9.17, 15) is 8.42 Å². The fourth-order valence-corrected chi connectivity index (χ4v) is 3.14. The smallest absolute Gasteiger partial charge is 0.263 e. The third-order valence-electron chi connectivity index (χ3n) is 2.67. The van der Waals surface area contributed by atoms with Crippen LogP contribution in [0, 0.1) is 6.92 Å². The Bertz CT molecular complexity index is 716. The predicted octanol–water partition coefficient (Wildman–Crippen LogP) is 3.85. The van der Waals surface area contributed by atoms with Gasteiger partial charge in [0.2, 0.25) is 0 Å². The van der Waals surface area contributed by atoms with E-state index in [1.807, 2.05) is 6.92 Å². The summed E-state index contributed by atoms with van der Waals surface area (Å²) in [6, 6.07) is 8.36. The van der Waals surface area contributed by atoms with Gasteiger partial charge in [-0.25, -0.2) is 13.4 Å². The molecular weight excluding hydrogens is 408 g/mol. The summed E-state index contributed by atoms with van der Waals surface area (Å²) in [5.74, 6) is 0.301. The number of aromatic nitrogens is 1. The molecule has 0 aliphatic rings. The first-order chi connectivity index (χ1) is 9.42. The number of halogens is 2. The van der Waals surface area contributed by atoms with Crippen LogP contribution in [0.2, 0.25) is 0 Å². The average Bonchev–Trinajstić information content (AvgIpc) is 2.43. The molecule has 2 aromatic rings. The molecule has 0 atom stereocenters. The minimum Gasteiger partial charge on any atom is -0.263 e. The summed E-state index contributed by atoms with van der Waals surface area (Å²) in [5, 5.41) is 0.689. The molecule has 0 aliphatic heterocycles. The first-order valence-corrected chi connectivity index (χ1v) is 9.12. The lowest BCUT2D eigenvalue weighted by molar-refractivity contribution is 0.601. The molecule has 0 amide bonds. The third-order valence-corrected chi connectivity index (χ3v) is 5.52. The highest BCUT2D eigenvalue weighted by molar-refractivity contribution is 9.10. The van der Waals surface area contributed by atoms with E-state index in [0.717, 1.165) is 15.6 Å². The minimum absolute atomic E-state index is 0.213. The molecule has 0 saturated heterocycles. The second-order valence-corrected chi connectivity index (χ2v) is 7.30. The Balaban J connectivity index is 2.27. The summed E-state index contributed by atoms with van der Waals surface area (Å²) < 4.78 is 27.7. The molecule has 1 aromatic carbocycles. The number of hydrogen-bond acceptors (Lipinski definition) is 3. The Kier molecular flexibility index (Phi) is 4.82. The molecule has 0 bridgehead atoms. The number of pyridine rings is 1. The molecule has 20 heavy (non-hydrogen) atoms. The van der Waals surface area contributed by atoms with Crippen LogP contribution in [0.25, 0.3) is 0 Å². The first kappa shape index (κ1) is 15.5. The summed E-state index contributed by atoms with van der Waals surface area (Å²) >= 11 is 6.65. The summed E-state index contributed by atoms with van der Waals surface area (Å²) in [7, 11) is -3.61. The Morgan fingerprint density at radius 3 is 2.45 bits per heavy atom. The number of nitrogens with one attached hydrogen (secondary N) is 1. The highest BCUT2D eigenvalue weighted by Crippen LogP contribution is 2.20. The Morgan fingerprint density at radius 2 is 1.90 bits per heavy atom. The maximum Gasteiger partial charge on any atom is 0.263 e. The van der Waals surface area contributed by atoms with Gasteiger partial charge >= 0.3 is 0 Å². The van der Waals surface area contributed by atoms with Crippen LogP contribution in [0.3, 0.4) is 0 Å². The van der Waals surface area contributed by atoms with Crippen molar-refractivity contribution in [2.45, 2.75) is 17.1 Å². The summed E-state index contributed by atoms with van der Waals surface area (Å²) in [6.07, 6.45) is 1.57. The largest absolute Gasteiger partial charge is 0.263 e. The number of hydrogen-bond donors (Lipinski definition) is 1. The Labute approximate surface area is 134 Å². The molecule has 1 aromatic heterocycles. The summed E-state index contributed by atoms with van der Waals surface area (Å²) in [6.45, 7) is 1.87. The van der Waals surface area contributed by atoms with Crippen LogP contribution in [-0.4, -0.2) is 13.4 Å². The lowest BCUT2D eigenvalue weighted by Gasteiger charge is -2.09. The van der Waals surface area contributed by atoms with Crippen molar-refractivity contribution >= 4 is 47.7 Å². The first-order valence-electron chi connectivity index (χ1n) is 5.72. The van der Waals surface area contributed by atoms with Gasteiger partial charge in [-0.2, -0.15) is 0 Å². The fraction of sp³-hybridized carbons (Fsp3) is 0.154. The van der Waals surface area contributed by atoms with E-state index in [4.69, 9.17) is 0 Å². The molecule has 4 nitrogen and oxygen atoms in total. The molecule has 0 aliphatic carbocycles. The Hall–Kier alpha value is -0.920. The van der Waals surface area contributed by atoms with Crippen molar-refractivity contribution in [1.82, 2.24) is 4.98 Å². The maximum atomic E-state index is 12.2. The highest BCUT2D eigenvalue weighted by atomic mass is 79.9. The zero-order valence-corrected chi connectivity index (χ0v) is 14.6. The van der Waals surface area contributed by atoms with E-state index in [2.05, 4.69) is 41.6 Å². The molecule has 2 rings (SSSR count). The minimum atomic E-state index is -3.61.